The molecule has 0 bridgehead atoms. The lowest BCUT2D eigenvalue weighted by molar-refractivity contribution is -0.114. The van der Waals surface area contributed by atoms with E-state index in [1.165, 1.54) is 6.92 Å². The summed E-state index contributed by atoms with van der Waals surface area (Å²) in [6.07, 6.45) is 4.84. The second-order valence-electron chi connectivity index (χ2n) is 3.66. The highest BCUT2D eigenvalue weighted by molar-refractivity contribution is 5.87. The summed E-state index contributed by atoms with van der Waals surface area (Å²) in [4.78, 5) is 11.0. The fraction of sp³-hybridized carbons (Fsp3) is 0.600. The summed E-state index contributed by atoms with van der Waals surface area (Å²) in [5.41, 5.74) is 0. The van der Waals surface area contributed by atoms with Gasteiger partial charge in [-0.15, -0.1) is 0 Å². The number of aromatic nitrogens is 2. The number of carbonyl (C=O) groups is 1. The number of ether oxygens (including phenoxy) is 1. The molecular weight excluding hydrogens is 194 g/mol. The molecule has 5 heteroatoms. The second-order valence-corrected chi connectivity index (χ2v) is 3.66. The normalized spacial score (nSPS) is 21.3. The Kier molecular flexibility index (Phi) is 3.01. The molecule has 1 aromatic heterocycles. The minimum Gasteiger partial charge on any atom is -0.356 e. The molecule has 1 unspecified atom stereocenters. The van der Waals surface area contributed by atoms with E-state index in [1.807, 2.05) is 0 Å². The van der Waals surface area contributed by atoms with Gasteiger partial charge in [0.1, 0.15) is 5.82 Å². The van der Waals surface area contributed by atoms with E-state index in [4.69, 9.17) is 4.74 Å². The molecular formula is C10H15N3O2. The maximum absolute atomic E-state index is 11.0. The van der Waals surface area contributed by atoms with Crippen LogP contribution >= 0.6 is 0 Å². The summed E-state index contributed by atoms with van der Waals surface area (Å²) in [5, 5.41) is 6.90. The van der Waals surface area contributed by atoms with E-state index < -0.39 is 0 Å². The van der Waals surface area contributed by atoms with E-state index in [0.29, 0.717) is 5.82 Å². The van der Waals surface area contributed by atoms with Gasteiger partial charge in [-0.25, -0.2) is 4.68 Å². The van der Waals surface area contributed by atoms with Crippen molar-refractivity contribution in [3.8, 4) is 0 Å². The van der Waals surface area contributed by atoms with Crippen LogP contribution in [-0.2, 0) is 9.53 Å². The quantitative estimate of drug-likeness (QED) is 0.803. The standard InChI is InChI=1S/C10H15N3O2/c1-8(14)12-9-5-6-11-13(9)10-4-2-3-7-15-10/h5-6,10H,2-4,7H2,1H3,(H,12,14). The average molecular weight is 209 g/mol. The molecule has 15 heavy (non-hydrogen) atoms. The van der Waals surface area contributed by atoms with Gasteiger partial charge in [0, 0.05) is 19.6 Å². The average Bonchev–Trinajstić information content (AvgIpc) is 2.66. The molecule has 5 nitrogen and oxygen atoms in total. The van der Waals surface area contributed by atoms with Gasteiger partial charge >= 0.3 is 0 Å². The van der Waals surface area contributed by atoms with Crippen molar-refractivity contribution in [2.24, 2.45) is 0 Å². The van der Waals surface area contributed by atoms with Gasteiger partial charge in [0.15, 0.2) is 6.23 Å². The summed E-state index contributed by atoms with van der Waals surface area (Å²) in [7, 11) is 0. The van der Waals surface area contributed by atoms with Crippen LogP contribution in [0, 0.1) is 0 Å². The number of hydrogen-bond acceptors (Lipinski definition) is 3. The SMILES string of the molecule is CC(=O)Nc1ccnn1C1CCCCO1. The van der Waals surface area contributed by atoms with E-state index >= 15 is 0 Å². The van der Waals surface area contributed by atoms with E-state index in [0.717, 1.165) is 25.9 Å². The van der Waals surface area contributed by atoms with Gasteiger partial charge in [-0.1, -0.05) is 0 Å². The number of carbonyl (C=O) groups excluding carboxylic acids is 1. The minimum absolute atomic E-state index is 0.0319. The van der Waals surface area contributed by atoms with Crippen LogP contribution in [0.5, 0.6) is 0 Å². The zero-order chi connectivity index (χ0) is 10.7. The van der Waals surface area contributed by atoms with E-state index in [1.54, 1.807) is 16.9 Å². The molecule has 2 rings (SSSR count). The molecule has 1 saturated heterocycles. The van der Waals surface area contributed by atoms with Gasteiger partial charge in [-0.3, -0.25) is 4.79 Å². The Balaban J connectivity index is 2.12. The van der Waals surface area contributed by atoms with Gasteiger partial charge in [-0.05, 0) is 19.3 Å². The lowest BCUT2D eigenvalue weighted by Crippen LogP contribution is -2.22. The van der Waals surface area contributed by atoms with Crippen LogP contribution in [0.1, 0.15) is 32.4 Å². The Morgan fingerprint density at radius 2 is 2.53 bits per heavy atom. The second kappa shape index (κ2) is 4.44. The Morgan fingerprint density at radius 1 is 1.67 bits per heavy atom. The van der Waals surface area contributed by atoms with E-state index in [2.05, 4.69) is 10.4 Å². The number of anilines is 1. The highest BCUT2D eigenvalue weighted by atomic mass is 16.5. The topological polar surface area (TPSA) is 56.2 Å². The largest absolute Gasteiger partial charge is 0.356 e. The van der Waals surface area contributed by atoms with Crippen molar-refractivity contribution in [3.63, 3.8) is 0 Å². The van der Waals surface area contributed by atoms with E-state index in [9.17, 15) is 4.79 Å². The number of rotatable bonds is 2. The van der Waals surface area contributed by atoms with Gasteiger partial charge in [0.2, 0.25) is 5.91 Å². The van der Waals surface area contributed by atoms with Crippen molar-refractivity contribution >= 4 is 11.7 Å². The maximum atomic E-state index is 11.0. The van der Waals surface area contributed by atoms with Crippen LogP contribution in [0.15, 0.2) is 12.3 Å². The van der Waals surface area contributed by atoms with Crippen LogP contribution in [0.3, 0.4) is 0 Å². The monoisotopic (exact) mass is 209 g/mol. The Hall–Kier alpha value is -1.36. The van der Waals surface area contributed by atoms with Crippen molar-refractivity contribution in [1.29, 1.82) is 0 Å². The molecule has 0 saturated carbocycles. The summed E-state index contributed by atoms with van der Waals surface area (Å²) in [5.74, 6) is 0.613. The highest BCUT2D eigenvalue weighted by Gasteiger charge is 2.18. The first-order valence-corrected chi connectivity index (χ1v) is 5.20. The molecule has 0 radical (unpaired) electrons. The molecule has 1 N–H and O–H groups in total. The Morgan fingerprint density at radius 3 is 3.20 bits per heavy atom. The maximum Gasteiger partial charge on any atom is 0.222 e. The molecule has 1 aliphatic rings. The molecule has 1 aromatic rings. The Labute approximate surface area is 88.4 Å². The van der Waals surface area contributed by atoms with Crippen molar-refractivity contribution in [1.82, 2.24) is 9.78 Å². The molecule has 82 valence electrons. The fourth-order valence-corrected chi connectivity index (χ4v) is 1.74. The van der Waals surface area contributed by atoms with Crippen LogP contribution in [0.2, 0.25) is 0 Å². The van der Waals surface area contributed by atoms with Gasteiger partial charge in [0.05, 0.1) is 6.20 Å². The number of hydrogen-bond donors (Lipinski definition) is 1. The summed E-state index contributed by atoms with van der Waals surface area (Å²) < 4.78 is 7.33. The smallest absolute Gasteiger partial charge is 0.222 e. The highest BCUT2D eigenvalue weighted by Crippen LogP contribution is 2.24. The van der Waals surface area contributed by atoms with E-state index in [-0.39, 0.29) is 12.1 Å². The Bertz CT molecular complexity index is 342. The third-order valence-electron chi connectivity index (χ3n) is 2.40. The molecule has 0 aliphatic carbocycles. The molecule has 0 spiro atoms. The number of nitrogens with one attached hydrogen (secondary N) is 1. The molecule has 2 heterocycles. The first-order valence-electron chi connectivity index (χ1n) is 5.20. The molecule has 1 fully saturated rings. The molecule has 0 aromatic carbocycles. The lowest BCUT2D eigenvalue weighted by atomic mass is 10.2. The summed E-state index contributed by atoms with van der Waals surface area (Å²) in [6.45, 7) is 2.25. The first-order chi connectivity index (χ1) is 7.27. The van der Waals surface area contributed by atoms with Gasteiger partial charge in [0.25, 0.3) is 0 Å². The zero-order valence-corrected chi connectivity index (χ0v) is 8.77. The van der Waals surface area contributed by atoms with Gasteiger partial charge < -0.3 is 10.1 Å². The summed E-state index contributed by atoms with van der Waals surface area (Å²) >= 11 is 0. The first kappa shape index (κ1) is 10.2. The van der Waals surface area contributed by atoms with Crippen LogP contribution in [-0.4, -0.2) is 22.3 Å². The predicted octanol–water partition coefficient (Wildman–Crippen LogP) is 1.54. The van der Waals surface area contributed by atoms with Gasteiger partial charge in [-0.2, -0.15) is 5.10 Å². The third kappa shape index (κ3) is 2.36. The molecule has 1 aliphatic heterocycles. The van der Waals surface area contributed by atoms with Crippen LogP contribution in [0.25, 0.3) is 0 Å². The lowest BCUT2D eigenvalue weighted by Gasteiger charge is -2.24. The number of amides is 1. The van der Waals surface area contributed by atoms with Crippen molar-refractivity contribution in [2.75, 3.05) is 11.9 Å². The third-order valence-corrected chi connectivity index (χ3v) is 2.40. The van der Waals surface area contributed by atoms with Crippen molar-refractivity contribution < 1.29 is 9.53 Å². The predicted molar refractivity (Wildman–Crippen MR) is 55.4 cm³/mol. The zero-order valence-electron chi connectivity index (χ0n) is 8.77. The molecule has 1 atom stereocenters. The molecule has 1 amide bonds. The van der Waals surface area contributed by atoms with Crippen LogP contribution < -0.4 is 5.32 Å². The van der Waals surface area contributed by atoms with Crippen LogP contribution in [0.4, 0.5) is 5.82 Å². The van der Waals surface area contributed by atoms with Crippen molar-refractivity contribution in [3.05, 3.63) is 12.3 Å². The minimum atomic E-state index is -0.0902. The van der Waals surface area contributed by atoms with Crippen molar-refractivity contribution in [2.45, 2.75) is 32.4 Å². The summed E-state index contributed by atoms with van der Waals surface area (Å²) in [6, 6.07) is 1.78. The number of nitrogens with zero attached hydrogens (tertiary/aromatic N) is 2. The fourth-order valence-electron chi connectivity index (χ4n) is 1.74.